The highest BCUT2D eigenvalue weighted by atomic mass is 35.5. The molecule has 0 spiro atoms. The number of carbonyl (C=O) groups excluding carboxylic acids is 1. The van der Waals surface area contributed by atoms with E-state index in [2.05, 4.69) is 28.5 Å². The average Bonchev–Trinajstić information content (AvgIpc) is 3.23. The van der Waals surface area contributed by atoms with Crippen LogP contribution in [-0.4, -0.2) is 21.0 Å². The number of fused-ring (bicyclic) bond motifs is 2. The molecule has 0 saturated heterocycles. The summed E-state index contributed by atoms with van der Waals surface area (Å²) in [4.78, 5) is 17.7. The number of thioether (sulfide) groups is 1. The minimum Gasteiger partial charge on any atom is -0.350 e. The highest BCUT2D eigenvalue weighted by molar-refractivity contribution is 8.00. The number of aryl methyl sites for hydroxylation is 2. The first-order chi connectivity index (χ1) is 12.2. The van der Waals surface area contributed by atoms with Crippen molar-refractivity contribution in [2.24, 2.45) is 0 Å². The van der Waals surface area contributed by atoms with E-state index < -0.39 is 0 Å². The molecule has 0 bridgehead atoms. The van der Waals surface area contributed by atoms with E-state index in [1.165, 1.54) is 24.0 Å². The monoisotopic (exact) mass is 371 g/mol. The van der Waals surface area contributed by atoms with E-state index in [1.807, 2.05) is 16.7 Å². The average molecular weight is 372 g/mol. The Morgan fingerprint density at radius 1 is 1.20 bits per heavy atom. The zero-order valence-corrected chi connectivity index (χ0v) is 15.2. The first-order valence-electron chi connectivity index (χ1n) is 8.32. The molecule has 2 heterocycles. The van der Waals surface area contributed by atoms with Gasteiger partial charge in [0.05, 0.1) is 23.0 Å². The van der Waals surface area contributed by atoms with Crippen LogP contribution in [0.15, 0.2) is 47.6 Å². The van der Waals surface area contributed by atoms with Crippen LogP contribution in [0.1, 0.15) is 23.2 Å². The van der Waals surface area contributed by atoms with Gasteiger partial charge in [-0.25, -0.2) is 4.98 Å². The fourth-order valence-corrected chi connectivity index (χ4v) is 4.09. The number of carbonyl (C=O) groups is 1. The second-order valence-corrected chi connectivity index (χ2v) is 7.68. The number of pyridine rings is 1. The van der Waals surface area contributed by atoms with E-state index in [4.69, 9.17) is 11.6 Å². The van der Waals surface area contributed by atoms with Gasteiger partial charge in [0.15, 0.2) is 0 Å². The fraction of sp³-hybridized carbons (Fsp3) is 0.263. The third kappa shape index (κ3) is 3.83. The number of nitrogens with zero attached hydrogens (tertiary/aromatic N) is 2. The van der Waals surface area contributed by atoms with Gasteiger partial charge in [0.2, 0.25) is 5.91 Å². The van der Waals surface area contributed by atoms with Crippen LogP contribution in [0.2, 0.25) is 5.02 Å². The predicted octanol–water partition coefficient (Wildman–Crippen LogP) is 3.88. The Morgan fingerprint density at radius 2 is 2.08 bits per heavy atom. The van der Waals surface area contributed by atoms with Gasteiger partial charge in [-0.15, -0.1) is 11.8 Å². The molecule has 1 aliphatic rings. The summed E-state index contributed by atoms with van der Waals surface area (Å²) in [5.74, 6) is 0.429. The van der Waals surface area contributed by atoms with Crippen molar-refractivity contribution in [2.45, 2.75) is 30.7 Å². The van der Waals surface area contributed by atoms with Crippen LogP contribution >= 0.6 is 23.4 Å². The number of rotatable bonds is 5. The van der Waals surface area contributed by atoms with E-state index >= 15 is 0 Å². The SMILES string of the molecule is O=C(CSc1ccc2c(c1)CCC2)NCc1cn2cc(Cl)ccc2n1. The molecule has 0 aliphatic heterocycles. The van der Waals surface area contributed by atoms with Gasteiger partial charge >= 0.3 is 0 Å². The lowest BCUT2D eigenvalue weighted by Gasteiger charge is -2.05. The molecule has 6 heteroatoms. The topological polar surface area (TPSA) is 46.4 Å². The zero-order chi connectivity index (χ0) is 17.2. The highest BCUT2D eigenvalue weighted by Crippen LogP contribution is 2.27. The van der Waals surface area contributed by atoms with E-state index in [0.717, 1.165) is 22.7 Å². The number of halogens is 1. The number of aromatic nitrogens is 2. The number of amides is 1. The third-order valence-electron chi connectivity index (χ3n) is 4.37. The lowest BCUT2D eigenvalue weighted by atomic mass is 10.1. The number of benzene rings is 1. The molecule has 1 aromatic carbocycles. The molecule has 2 aromatic heterocycles. The summed E-state index contributed by atoms with van der Waals surface area (Å²) < 4.78 is 1.86. The van der Waals surface area contributed by atoms with Crippen LogP contribution in [0.4, 0.5) is 0 Å². The Morgan fingerprint density at radius 3 is 3.00 bits per heavy atom. The van der Waals surface area contributed by atoms with Crippen LogP contribution in [-0.2, 0) is 24.2 Å². The molecule has 25 heavy (non-hydrogen) atoms. The number of imidazole rings is 1. The molecule has 128 valence electrons. The van der Waals surface area contributed by atoms with Crippen molar-refractivity contribution < 1.29 is 4.79 Å². The molecule has 0 radical (unpaired) electrons. The molecule has 1 N–H and O–H groups in total. The minimum absolute atomic E-state index is 0.0144. The summed E-state index contributed by atoms with van der Waals surface area (Å²) >= 11 is 7.55. The standard InChI is InChI=1S/C19H18ClN3OS/c20-15-5-7-18-22-16(11-23(18)10-15)9-21-19(24)12-25-17-6-4-13-2-1-3-14(13)8-17/h4-8,10-11H,1-3,9,12H2,(H,21,24). The van der Waals surface area contributed by atoms with Crippen molar-refractivity contribution in [3.63, 3.8) is 0 Å². The summed E-state index contributed by atoms with van der Waals surface area (Å²) in [6.07, 6.45) is 7.28. The van der Waals surface area contributed by atoms with Crippen LogP contribution < -0.4 is 5.32 Å². The molecule has 0 fully saturated rings. The quantitative estimate of drug-likeness (QED) is 0.692. The first kappa shape index (κ1) is 16.5. The first-order valence-corrected chi connectivity index (χ1v) is 9.68. The molecule has 0 atom stereocenters. The second-order valence-electron chi connectivity index (χ2n) is 6.19. The van der Waals surface area contributed by atoms with Crippen molar-refractivity contribution in [1.82, 2.24) is 14.7 Å². The molecule has 1 aliphatic carbocycles. The highest BCUT2D eigenvalue weighted by Gasteiger charge is 2.12. The van der Waals surface area contributed by atoms with Gasteiger partial charge in [-0.3, -0.25) is 4.79 Å². The maximum Gasteiger partial charge on any atom is 0.230 e. The molecule has 0 saturated carbocycles. The zero-order valence-electron chi connectivity index (χ0n) is 13.7. The van der Waals surface area contributed by atoms with Crippen molar-refractivity contribution in [3.05, 3.63) is 64.6 Å². The van der Waals surface area contributed by atoms with Gasteiger partial charge in [0, 0.05) is 17.3 Å². The summed E-state index contributed by atoms with van der Waals surface area (Å²) in [6.45, 7) is 0.420. The van der Waals surface area contributed by atoms with Crippen molar-refractivity contribution in [3.8, 4) is 0 Å². The van der Waals surface area contributed by atoms with Gasteiger partial charge < -0.3 is 9.72 Å². The van der Waals surface area contributed by atoms with Crippen molar-refractivity contribution >= 4 is 34.9 Å². The molecule has 1 amide bonds. The van der Waals surface area contributed by atoms with Gasteiger partial charge in [-0.1, -0.05) is 17.7 Å². The van der Waals surface area contributed by atoms with Crippen molar-refractivity contribution in [1.29, 1.82) is 0 Å². The Bertz CT molecular complexity index is 938. The number of nitrogens with one attached hydrogen (secondary N) is 1. The molecule has 4 nitrogen and oxygen atoms in total. The van der Waals surface area contributed by atoms with Gasteiger partial charge in [-0.05, 0) is 54.7 Å². The van der Waals surface area contributed by atoms with Crippen LogP contribution in [0.5, 0.6) is 0 Å². The smallest absolute Gasteiger partial charge is 0.230 e. The molecule has 0 unspecified atom stereocenters. The lowest BCUT2D eigenvalue weighted by Crippen LogP contribution is -2.24. The number of hydrogen-bond donors (Lipinski definition) is 1. The van der Waals surface area contributed by atoms with Crippen LogP contribution in [0.3, 0.4) is 0 Å². The van der Waals surface area contributed by atoms with E-state index in [9.17, 15) is 4.79 Å². The maximum atomic E-state index is 12.1. The Balaban J connectivity index is 1.31. The predicted molar refractivity (Wildman–Crippen MR) is 101 cm³/mol. The summed E-state index contributed by atoms with van der Waals surface area (Å²) in [5.41, 5.74) is 4.54. The maximum absolute atomic E-state index is 12.1. The molecule has 3 aromatic rings. The third-order valence-corrected chi connectivity index (χ3v) is 5.59. The largest absolute Gasteiger partial charge is 0.350 e. The van der Waals surface area contributed by atoms with E-state index in [1.54, 1.807) is 24.0 Å². The Labute approximate surface area is 155 Å². The number of hydrogen-bond acceptors (Lipinski definition) is 3. The summed E-state index contributed by atoms with van der Waals surface area (Å²) in [7, 11) is 0. The van der Waals surface area contributed by atoms with Gasteiger partial charge in [0.25, 0.3) is 0 Å². The fourth-order valence-electron chi connectivity index (χ4n) is 3.13. The Hall–Kier alpha value is -1.98. The Kier molecular flexibility index (Phi) is 4.68. The van der Waals surface area contributed by atoms with Gasteiger partial charge in [-0.2, -0.15) is 0 Å². The second kappa shape index (κ2) is 7.10. The van der Waals surface area contributed by atoms with E-state index in [-0.39, 0.29) is 5.91 Å². The summed E-state index contributed by atoms with van der Waals surface area (Å²) in [5, 5.41) is 3.59. The molecular weight excluding hydrogens is 354 g/mol. The summed E-state index contributed by atoms with van der Waals surface area (Å²) in [6, 6.07) is 10.2. The van der Waals surface area contributed by atoms with Crippen LogP contribution in [0.25, 0.3) is 5.65 Å². The molecular formula is C19H18ClN3OS. The lowest BCUT2D eigenvalue weighted by molar-refractivity contribution is -0.118. The van der Waals surface area contributed by atoms with Gasteiger partial charge in [0.1, 0.15) is 5.65 Å². The minimum atomic E-state index is 0.0144. The normalized spacial score (nSPS) is 13.2. The van der Waals surface area contributed by atoms with Crippen LogP contribution in [0, 0.1) is 0 Å². The molecule has 4 rings (SSSR count). The van der Waals surface area contributed by atoms with E-state index in [0.29, 0.717) is 17.3 Å². The van der Waals surface area contributed by atoms with Crippen molar-refractivity contribution in [2.75, 3.05) is 5.75 Å².